The van der Waals surface area contributed by atoms with E-state index in [9.17, 15) is 19.2 Å². The van der Waals surface area contributed by atoms with E-state index in [4.69, 9.17) is 29.2 Å². The quantitative estimate of drug-likeness (QED) is 0.450. The van der Waals surface area contributed by atoms with E-state index in [1.54, 1.807) is 0 Å². The van der Waals surface area contributed by atoms with Gasteiger partial charge in [-0.3, -0.25) is 0 Å². The maximum absolute atomic E-state index is 11.5. The normalized spacial score (nSPS) is 28.8. The van der Waals surface area contributed by atoms with Crippen LogP contribution in [0.5, 0.6) is 0 Å². The van der Waals surface area contributed by atoms with Crippen LogP contribution in [-0.2, 0) is 38.1 Å². The lowest BCUT2D eigenvalue weighted by molar-refractivity contribution is -0.149. The molecule has 2 saturated heterocycles. The molecule has 2 aliphatic rings. The Hall–Kier alpha value is -2.72. The minimum absolute atomic E-state index is 0.000993. The minimum Gasteiger partial charge on any atom is -0.478 e. The third kappa shape index (κ3) is 4.64. The molecule has 0 bridgehead atoms. The monoisotopic (exact) mass is 342 g/mol. The van der Waals surface area contributed by atoms with E-state index in [2.05, 4.69) is 0 Å². The average Bonchev–Trinajstić information content (AvgIpc) is 3.07. The zero-order chi connectivity index (χ0) is 17.7. The Bertz CT molecular complexity index is 540. The van der Waals surface area contributed by atoms with Crippen LogP contribution in [0.25, 0.3) is 0 Å². The fourth-order valence-electron chi connectivity index (χ4n) is 2.29. The second-order valence-corrected chi connectivity index (χ2v) is 4.89. The zero-order valence-electron chi connectivity index (χ0n) is 12.2. The number of hydrogen-bond donors (Lipinski definition) is 2. The Labute approximate surface area is 135 Å². The summed E-state index contributed by atoms with van der Waals surface area (Å²) < 4.78 is 20.9. The Morgan fingerprint density at radius 3 is 1.46 bits per heavy atom. The van der Waals surface area contributed by atoms with Crippen LogP contribution in [0.15, 0.2) is 24.3 Å². The lowest BCUT2D eigenvalue weighted by Gasteiger charge is -2.16. The van der Waals surface area contributed by atoms with Crippen LogP contribution in [0.1, 0.15) is 0 Å². The highest BCUT2D eigenvalue weighted by atomic mass is 16.7. The predicted molar refractivity (Wildman–Crippen MR) is 72.8 cm³/mol. The highest BCUT2D eigenvalue weighted by molar-refractivity contribution is 5.91. The van der Waals surface area contributed by atoms with Gasteiger partial charge < -0.3 is 29.2 Å². The molecule has 0 aromatic heterocycles. The Balaban J connectivity index is 1.87. The van der Waals surface area contributed by atoms with Crippen molar-refractivity contribution in [1.82, 2.24) is 0 Å². The van der Waals surface area contributed by atoms with E-state index < -0.39 is 48.3 Å². The maximum atomic E-state index is 11.5. The second kappa shape index (κ2) is 7.70. The molecule has 0 spiro atoms. The highest BCUT2D eigenvalue weighted by Gasteiger charge is 2.50. The zero-order valence-corrected chi connectivity index (χ0v) is 12.2. The number of carboxylic acid groups (broad SMARTS) is 2. The number of rotatable bonds is 6. The summed E-state index contributed by atoms with van der Waals surface area (Å²) in [4.78, 5) is 43.6. The van der Waals surface area contributed by atoms with E-state index in [-0.39, 0.29) is 13.2 Å². The van der Waals surface area contributed by atoms with Crippen LogP contribution in [0.4, 0.5) is 0 Å². The summed E-state index contributed by atoms with van der Waals surface area (Å²) in [5.41, 5.74) is 0. The second-order valence-electron chi connectivity index (χ2n) is 4.89. The first-order valence-corrected chi connectivity index (χ1v) is 6.83. The molecule has 0 amide bonds. The minimum atomic E-state index is -1.29. The summed E-state index contributed by atoms with van der Waals surface area (Å²) in [7, 11) is 0. The largest absolute Gasteiger partial charge is 0.478 e. The molecule has 0 saturated carbocycles. The Kier molecular flexibility index (Phi) is 5.66. The standard InChI is InChI=1S/C14H14O10/c15-9(16)1-3-11(19)23-7-5-21-14-8(6-22-13(7)14)24-12(20)4-2-10(17)18/h1-4,7-8,13-14H,5-6H2,(H,15,16)(H,17,18)/b3-1-,4-2+/t7-,8+,13?,14?/m1/s1. The average molecular weight is 342 g/mol. The molecule has 2 fully saturated rings. The number of ether oxygens (including phenoxy) is 4. The molecule has 10 nitrogen and oxygen atoms in total. The Morgan fingerprint density at radius 1 is 0.750 bits per heavy atom. The van der Waals surface area contributed by atoms with Crippen LogP contribution in [0, 0.1) is 0 Å². The van der Waals surface area contributed by atoms with E-state index in [1.807, 2.05) is 0 Å². The first-order chi connectivity index (χ1) is 11.4. The molecule has 0 aromatic rings. The van der Waals surface area contributed by atoms with Gasteiger partial charge in [0.1, 0.15) is 12.2 Å². The fourth-order valence-corrected chi connectivity index (χ4v) is 2.29. The van der Waals surface area contributed by atoms with Gasteiger partial charge in [-0.15, -0.1) is 0 Å². The van der Waals surface area contributed by atoms with Gasteiger partial charge in [0.15, 0.2) is 12.2 Å². The van der Waals surface area contributed by atoms with Crippen molar-refractivity contribution in [3.05, 3.63) is 24.3 Å². The summed E-state index contributed by atoms with van der Waals surface area (Å²) in [5, 5.41) is 16.9. The van der Waals surface area contributed by atoms with Crippen LogP contribution in [0.3, 0.4) is 0 Å². The van der Waals surface area contributed by atoms with Gasteiger partial charge in [0.2, 0.25) is 0 Å². The molecule has 10 heteroatoms. The smallest absolute Gasteiger partial charge is 0.331 e. The van der Waals surface area contributed by atoms with Crippen molar-refractivity contribution in [3.63, 3.8) is 0 Å². The van der Waals surface area contributed by atoms with E-state index in [1.165, 1.54) is 0 Å². The molecule has 2 aliphatic heterocycles. The van der Waals surface area contributed by atoms with Crippen LogP contribution in [-0.4, -0.2) is 71.7 Å². The fraction of sp³-hybridized carbons (Fsp3) is 0.429. The SMILES string of the molecule is O=C(O)/C=C\C(=O)O[C@@H]1COC2C1OC[C@@H]2OC(=O)/C=C/C(=O)O. The summed E-state index contributed by atoms with van der Waals surface area (Å²) in [6.07, 6.45) is -0.0348. The van der Waals surface area contributed by atoms with Gasteiger partial charge in [0.05, 0.1) is 13.2 Å². The third-order valence-electron chi connectivity index (χ3n) is 3.22. The summed E-state index contributed by atoms with van der Waals surface area (Å²) in [6, 6.07) is 0. The summed E-state index contributed by atoms with van der Waals surface area (Å²) in [5.74, 6) is -4.29. The molecule has 2 unspecified atom stereocenters. The number of carbonyl (C=O) groups is 4. The number of esters is 2. The van der Waals surface area contributed by atoms with Crippen molar-refractivity contribution in [3.8, 4) is 0 Å². The highest BCUT2D eigenvalue weighted by Crippen LogP contribution is 2.30. The van der Waals surface area contributed by atoms with Gasteiger partial charge >= 0.3 is 23.9 Å². The molecular formula is C14H14O10. The third-order valence-corrected chi connectivity index (χ3v) is 3.22. The van der Waals surface area contributed by atoms with Crippen LogP contribution in [0.2, 0.25) is 0 Å². The molecule has 0 radical (unpaired) electrons. The van der Waals surface area contributed by atoms with Crippen molar-refractivity contribution in [2.45, 2.75) is 24.4 Å². The first-order valence-electron chi connectivity index (χ1n) is 6.83. The molecule has 0 aliphatic carbocycles. The maximum Gasteiger partial charge on any atom is 0.331 e. The number of aliphatic carboxylic acids is 2. The topological polar surface area (TPSA) is 146 Å². The van der Waals surface area contributed by atoms with E-state index >= 15 is 0 Å². The first kappa shape index (κ1) is 17.6. The van der Waals surface area contributed by atoms with Crippen molar-refractivity contribution < 1.29 is 48.3 Å². The molecule has 2 heterocycles. The molecule has 130 valence electrons. The van der Waals surface area contributed by atoms with E-state index in [0.717, 1.165) is 12.2 Å². The Morgan fingerprint density at radius 2 is 1.12 bits per heavy atom. The number of fused-ring (bicyclic) bond motifs is 1. The lowest BCUT2D eigenvalue weighted by atomic mass is 10.1. The molecule has 2 rings (SSSR count). The lowest BCUT2D eigenvalue weighted by Crippen LogP contribution is -2.35. The van der Waals surface area contributed by atoms with E-state index in [0.29, 0.717) is 12.2 Å². The summed E-state index contributed by atoms with van der Waals surface area (Å²) >= 11 is 0. The predicted octanol–water partition coefficient (Wildman–Crippen LogP) is -1.11. The van der Waals surface area contributed by atoms with Crippen LogP contribution < -0.4 is 0 Å². The van der Waals surface area contributed by atoms with Crippen molar-refractivity contribution in [2.24, 2.45) is 0 Å². The summed E-state index contributed by atoms with van der Waals surface area (Å²) in [6.45, 7) is 0.00199. The molecule has 24 heavy (non-hydrogen) atoms. The number of carboxylic acids is 2. The van der Waals surface area contributed by atoms with Gasteiger partial charge in [-0.1, -0.05) is 0 Å². The van der Waals surface area contributed by atoms with Gasteiger partial charge in [-0.05, 0) is 0 Å². The van der Waals surface area contributed by atoms with Gasteiger partial charge in [0.25, 0.3) is 0 Å². The van der Waals surface area contributed by atoms with Crippen molar-refractivity contribution in [2.75, 3.05) is 13.2 Å². The van der Waals surface area contributed by atoms with Gasteiger partial charge in [0, 0.05) is 24.3 Å². The molecule has 4 atom stereocenters. The van der Waals surface area contributed by atoms with Crippen molar-refractivity contribution >= 4 is 23.9 Å². The molecular weight excluding hydrogens is 328 g/mol. The van der Waals surface area contributed by atoms with Gasteiger partial charge in [-0.2, -0.15) is 0 Å². The number of hydrogen-bond acceptors (Lipinski definition) is 8. The van der Waals surface area contributed by atoms with Gasteiger partial charge in [-0.25, -0.2) is 19.2 Å². The number of carbonyl (C=O) groups excluding carboxylic acids is 2. The van der Waals surface area contributed by atoms with Crippen molar-refractivity contribution in [1.29, 1.82) is 0 Å². The molecule has 2 N–H and O–H groups in total. The molecule has 0 aromatic carbocycles. The van der Waals surface area contributed by atoms with Crippen LogP contribution >= 0.6 is 0 Å².